The van der Waals surface area contributed by atoms with E-state index in [1.165, 1.54) is 11.3 Å². The number of urea groups is 2. The van der Waals surface area contributed by atoms with Crippen molar-refractivity contribution in [2.45, 2.75) is 50.5 Å². The van der Waals surface area contributed by atoms with Gasteiger partial charge in [0.25, 0.3) is 0 Å². The van der Waals surface area contributed by atoms with Crippen molar-refractivity contribution in [1.82, 2.24) is 26.2 Å². The van der Waals surface area contributed by atoms with Gasteiger partial charge in [0.2, 0.25) is 5.91 Å². The zero-order valence-electron chi connectivity index (χ0n) is 11.1. The highest BCUT2D eigenvalue weighted by Gasteiger charge is 2.46. The van der Waals surface area contributed by atoms with E-state index in [-0.39, 0.29) is 30.6 Å². The summed E-state index contributed by atoms with van der Waals surface area (Å²) >= 11 is 0. The van der Waals surface area contributed by atoms with Crippen LogP contribution in [0, 0.1) is 0 Å². The molecule has 0 aromatic carbocycles. The Balaban J connectivity index is 1.55. The molecule has 110 valence electrons. The molecule has 1 aliphatic carbocycles. The third-order valence-electron chi connectivity index (χ3n) is 4.04. The molecule has 2 atom stereocenters. The van der Waals surface area contributed by atoms with Gasteiger partial charge in [0.1, 0.15) is 18.9 Å². The Morgan fingerprint density at radius 1 is 1.15 bits per heavy atom. The molecule has 8 nitrogen and oxygen atoms in total. The summed E-state index contributed by atoms with van der Waals surface area (Å²) in [7, 11) is 0. The first-order chi connectivity index (χ1) is 9.63. The van der Waals surface area contributed by atoms with Crippen molar-refractivity contribution in [3.8, 4) is 0 Å². The molecule has 2 heterocycles. The van der Waals surface area contributed by atoms with Crippen LogP contribution in [0.4, 0.5) is 9.59 Å². The van der Waals surface area contributed by atoms with E-state index >= 15 is 0 Å². The highest BCUT2D eigenvalue weighted by atomic mass is 16.2. The van der Waals surface area contributed by atoms with Crippen molar-refractivity contribution < 1.29 is 14.4 Å². The van der Waals surface area contributed by atoms with Gasteiger partial charge in [0, 0.05) is 6.04 Å². The molecule has 0 aromatic heterocycles. The van der Waals surface area contributed by atoms with E-state index < -0.39 is 12.3 Å². The summed E-state index contributed by atoms with van der Waals surface area (Å²) in [6.45, 7) is -0.0362. The lowest BCUT2D eigenvalue weighted by molar-refractivity contribution is -0.122. The van der Waals surface area contributed by atoms with Gasteiger partial charge in [-0.25, -0.2) is 9.59 Å². The third kappa shape index (κ3) is 2.50. The number of hydrogen-bond donors (Lipinski definition) is 4. The molecular weight excluding hydrogens is 262 g/mol. The van der Waals surface area contributed by atoms with Crippen LogP contribution in [0.3, 0.4) is 0 Å². The van der Waals surface area contributed by atoms with E-state index in [0.29, 0.717) is 0 Å². The highest BCUT2D eigenvalue weighted by molar-refractivity contribution is 5.88. The van der Waals surface area contributed by atoms with Crippen LogP contribution in [-0.2, 0) is 4.79 Å². The van der Waals surface area contributed by atoms with Gasteiger partial charge < -0.3 is 21.3 Å². The van der Waals surface area contributed by atoms with Gasteiger partial charge >= 0.3 is 12.1 Å². The molecule has 2 saturated heterocycles. The molecule has 20 heavy (non-hydrogen) atoms. The first-order valence-electron chi connectivity index (χ1n) is 7.07. The maximum absolute atomic E-state index is 12.0. The lowest BCUT2D eigenvalue weighted by Crippen LogP contribution is -2.49. The average Bonchev–Trinajstić information content (AvgIpc) is 2.89. The fourth-order valence-electron chi connectivity index (χ4n) is 3.04. The van der Waals surface area contributed by atoms with Crippen molar-refractivity contribution in [2.75, 3.05) is 6.54 Å². The Morgan fingerprint density at radius 2 is 1.90 bits per heavy atom. The quantitative estimate of drug-likeness (QED) is 0.557. The number of nitrogens with one attached hydrogen (secondary N) is 4. The van der Waals surface area contributed by atoms with E-state index in [1.54, 1.807) is 0 Å². The van der Waals surface area contributed by atoms with Crippen molar-refractivity contribution in [3.63, 3.8) is 0 Å². The number of rotatable bonds is 3. The van der Waals surface area contributed by atoms with Crippen LogP contribution in [0.5, 0.6) is 0 Å². The molecule has 3 rings (SSSR count). The van der Waals surface area contributed by atoms with E-state index in [0.717, 1.165) is 25.7 Å². The summed E-state index contributed by atoms with van der Waals surface area (Å²) in [5, 5.41) is 10.8. The molecule has 0 spiro atoms. The minimum Gasteiger partial charge on any atom is -0.352 e. The Labute approximate surface area is 116 Å². The zero-order chi connectivity index (χ0) is 14.1. The summed E-state index contributed by atoms with van der Waals surface area (Å²) in [6.07, 6.45) is 4.55. The molecule has 0 unspecified atom stereocenters. The number of fused-ring (bicyclic) bond motifs is 1. The molecule has 0 radical (unpaired) electrons. The van der Waals surface area contributed by atoms with Crippen molar-refractivity contribution in [3.05, 3.63) is 0 Å². The van der Waals surface area contributed by atoms with Crippen LogP contribution < -0.4 is 21.3 Å². The molecule has 3 aliphatic rings. The molecule has 0 aromatic rings. The summed E-state index contributed by atoms with van der Waals surface area (Å²) in [6, 6.07) is -0.460. The van der Waals surface area contributed by atoms with Crippen LogP contribution >= 0.6 is 0 Å². The third-order valence-corrected chi connectivity index (χ3v) is 4.04. The van der Waals surface area contributed by atoms with Gasteiger partial charge in [0.05, 0.1) is 0 Å². The standard InChI is InChI=1S/C12H19N5O3/c18-8(13-7-4-2-1-3-5-7)6-17-10-9(15-12(17)20)14-11(19)16-10/h7,9-10H,1-6H2,(H,13,18)(H,15,20)(H2,14,16,19)/t9-,10-/m1/s1. The summed E-state index contributed by atoms with van der Waals surface area (Å²) in [5.41, 5.74) is 0. The number of amides is 5. The lowest BCUT2D eigenvalue weighted by atomic mass is 9.95. The molecular formula is C12H19N5O3. The predicted molar refractivity (Wildman–Crippen MR) is 69.5 cm³/mol. The molecule has 2 aliphatic heterocycles. The second kappa shape index (κ2) is 5.18. The number of nitrogens with zero attached hydrogens (tertiary/aromatic N) is 1. The molecule has 1 saturated carbocycles. The smallest absolute Gasteiger partial charge is 0.321 e. The molecule has 5 amide bonds. The SMILES string of the molecule is O=C(CN1C(=O)N[C@H]2NC(=O)N[C@@H]21)NC1CCCCC1. The first kappa shape index (κ1) is 13.0. The van der Waals surface area contributed by atoms with Crippen LogP contribution in [0.25, 0.3) is 0 Å². The Bertz CT molecular complexity index is 435. The normalized spacial score (nSPS) is 29.5. The zero-order valence-corrected chi connectivity index (χ0v) is 11.1. The maximum Gasteiger partial charge on any atom is 0.321 e. The minimum atomic E-state index is -0.493. The molecule has 3 fully saturated rings. The predicted octanol–water partition coefficient (Wildman–Crippen LogP) is -0.574. The Morgan fingerprint density at radius 3 is 2.65 bits per heavy atom. The topological polar surface area (TPSA) is 103 Å². The van der Waals surface area contributed by atoms with E-state index in [1.807, 2.05) is 0 Å². The minimum absolute atomic E-state index is 0.0362. The average molecular weight is 281 g/mol. The Kier molecular flexibility index (Phi) is 3.37. The van der Waals surface area contributed by atoms with Gasteiger partial charge in [-0.2, -0.15) is 0 Å². The summed E-state index contributed by atoms with van der Waals surface area (Å²) in [4.78, 5) is 36.3. The van der Waals surface area contributed by atoms with Crippen LogP contribution in [0.15, 0.2) is 0 Å². The van der Waals surface area contributed by atoms with E-state index in [2.05, 4.69) is 21.3 Å². The molecule has 8 heteroatoms. The van der Waals surface area contributed by atoms with Crippen LogP contribution in [-0.4, -0.2) is 47.8 Å². The van der Waals surface area contributed by atoms with E-state index in [4.69, 9.17) is 0 Å². The molecule has 4 N–H and O–H groups in total. The fraction of sp³-hybridized carbons (Fsp3) is 0.750. The largest absolute Gasteiger partial charge is 0.352 e. The van der Waals surface area contributed by atoms with Crippen molar-refractivity contribution >= 4 is 18.0 Å². The van der Waals surface area contributed by atoms with Gasteiger partial charge in [-0.3, -0.25) is 9.69 Å². The molecule has 0 bridgehead atoms. The van der Waals surface area contributed by atoms with Crippen molar-refractivity contribution in [2.24, 2.45) is 0 Å². The summed E-state index contributed by atoms with van der Waals surface area (Å²) in [5.74, 6) is -0.172. The van der Waals surface area contributed by atoms with Crippen LogP contribution in [0.2, 0.25) is 0 Å². The number of carbonyl (C=O) groups is 3. The number of hydrogen-bond acceptors (Lipinski definition) is 3. The fourth-order valence-corrected chi connectivity index (χ4v) is 3.04. The second-order valence-corrected chi connectivity index (χ2v) is 5.52. The maximum atomic E-state index is 12.0. The highest BCUT2D eigenvalue weighted by Crippen LogP contribution is 2.18. The number of carbonyl (C=O) groups excluding carboxylic acids is 3. The van der Waals surface area contributed by atoms with Gasteiger partial charge in [-0.15, -0.1) is 0 Å². The van der Waals surface area contributed by atoms with Gasteiger partial charge in [-0.1, -0.05) is 19.3 Å². The van der Waals surface area contributed by atoms with Gasteiger partial charge in [0.15, 0.2) is 0 Å². The Hall–Kier alpha value is -1.99. The van der Waals surface area contributed by atoms with Gasteiger partial charge in [-0.05, 0) is 12.8 Å². The second-order valence-electron chi connectivity index (χ2n) is 5.52. The van der Waals surface area contributed by atoms with E-state index in [9.17, 15) is 14.4 Å². The lowest BCUT2D eigenvalue weighted by Gasteiger charge is -2.25. The van der Waals surface area contributed by atoms with Crippen molar-refractivity contribution in [1.29, 1.82) is 0 Å². The summed E-state index contributed by atoms with van der Waals surface area (Å²) < 4.78 is 0. The van der Waals surface area contributed by atoms with Crippen LogP contribution in [0.1, 0.15) is 32.1 Å². The monoisotopic (exact) mass is 281 g/mol. The first-order valence-corrected chi connectivity index (χ1v) is 7.07.